The average Bonchev–Trinajstić information content (AvgIpc) is 3.13. The Labute approximate surface area is 133 Å². The van der Waals surface area contributed by atoms with Crippen LogP contribution in [0.1, 0.15) is 41.8 Å². The highest BCUT2D eigenvalue weighted by atomic mass is 32.1. The molecule has 0 aliphatic carbocycles. The number of piperidine rings is 1. The van der Waals surface area contributed by atoms with Crippen LogP contribution in [0.4, 0.5) is 0 Å². The van der Waals surface area contributed by atoms with Crippen LogP contribution in [0.5, 0.6) is 5.88 Å². The standard InChI is InChI=1S/C15H19N3O3S/c1-10-9-22-15(16-10)12-5-3-4-6-18(12)14(19)8-20-13-7-11(2)21-17-13/h7,9,12H,3-6,8H2,1-2H3. The quantitative estimate of drug-likeness (QED) is 0.866. The summed E-state index contributed by atoms with van der Waals surface area (Å²) in [5.74, 6) is 0.985. The summed E-state index contributed by atoms with van der Waals surface area (Å²) in [4.78, 5) is 18.9. The fourth-order valence-electron chi connectivity index (χ4n) is 2.64. The van der Waals surface area contributed by atoms with E-state index in [1.807, 2.05) is 17.2 Å². The van der Waals surface area contributed by atoms with Crippen LogP contribution >= 0.6 is 11.3 Å². The first kappa shape index (κ1) is 15.0. The zero-order valence-corrected chi connectivity index (χ0v) is 13.6. The maximum Gasteiger partial charge on any atom is 0.261 e. The molecule has 1 fully saturated rings. The number of aromatic nitrogens is 2. The van der Waals surface area contributed by atoms with Crippen LogP contribution in [0.25, 0.3) is 0 Å². The minimum Gasteiger partial charge on any atom is -0.465 e. The van der Waals surface area contributed by atoms with E-state index in [1.54, 1.807) is 24.3 Å². The van der Waals surface area contributed by atoms with E-state index in [0.717, 1.165) is 36.5 Å². The van der Waals surface area contributed by atoms with Gasteiger partial charge in [-0.05, 0) is 38.3 Å². The maximum atomic E-state index is 12.5. The Morgan fingerprint density at radius 2 is 2.36 bits per heavy atom. The van der Waals surface area contributed by atoms with Crippen LogP contribution in [0.15, 0.2) is 16.0 Å². The van der Waals surface area contributed by atoms with Crippen LogP contribution < -0.4 is 4.74 Å². The molecule has 1 atom stereocenters. The molecule has 3 heterocycles. The molecule has 1 aliphatic rings. The summed E-state index contributed by atoms with van der Waals surface area (Å²) in [7, 11) is 0. The molecule has 0 saturated carbocycles. The summed E-state index contributed by atoms with van der Waals surface area (Å²) < 4.78 is 10.3. The van der Waals surface area contributed by atoms with Crippen LogP contribution in [0.2, 0.25) is 0 Å². The van der Waals surface area contributed by atoms with E-state index in [0.29, 0.717) is 11.6 Å². The van der Waals surface area contributed by atoms with E-state index in [2.05, 4.69) is 10.1 Å². The van der Waals surface area contributed by atoms with Gasteiger partial charge in [-0.25, -0.2) is 4.98 Å². The van der Waals surface area contributed by atoms with Gasteiger partial charge in [-0.1, -0.05) is 0 Å². The smallest absolute Gasteiger partial charge is 0.261 e. The zero-order valence-electron chi connectivity index (χ0n) is 12.7. The largest absolute Gasteiger partial charge is 0.465 e. The maximum absolute atomic E-state index is 12.5. The number of thiazole rings is 1. The number of carbonyl (C=O) groups excluding carboxylic acids is 1. The monoisotopic (exact) mass is 321 g/mol. The molecule has 0 spiro atoms. The number of ether oxygens (including phenoxy) is 1. The predicted molar refractivity (Wildman–Crippen MR) is 81.9 cm³/mol. The van der Waals surface area contributed by atoms with Crippen molar-refractivity contribution in [3.05, 3.63) is 27.9 Å². The highest BCUT2D eigenvalue weighted by Gasteiger charge is 2.30. The van der Waals surface area contributed by atoms with Crippen molar-refractivity contribution >= 4 is 17.2 Å². The van der Waals surface area contributed by atoms with E-state index in [9.17, 15) is 4.79 Å². The van der Waals surface area contributed by atoms with E-state index < -0.39 is 0 Å². The van der Waals surface area contributed by atoms with E-state index in [-0.39, 0.29) is 18.6 Å². The number of carbonyl (C=O) groups is 1. The molecule has 1 aliphatic heterocycles. The van der Waals surface area contributed by atoms with Gasteiger partial charge < -0.3 is 14.2 Å². The first-order valence-corrected chi connectivity index (χ1v) is 8.29. The second-order valence-electron chi connectivity index (χ2n) is 5.49. The lowest BCUT2D eigenvalue weighted by atomic mass is 10.0. The molecule has 1 amide bonds. The number of aryl methyl sites for hydroxylation is 2. The van der Waals surface area contributed by atoms with Crippen LogP contribution in [-0.4, -0.2) is 34.1 Å². The molecule has 0 bridgehead atoms. The topological polar surface area (TPSA) is 68.5 Å². The van der Waals surface area contributed by atoms with Gasteiger partial charge in [-0.3, -0.25) is 4.79 Å². The highest BCUT2D eigenvalue weighted by Crippen LogP contribution is 2.32. The lowest BCUT2D eigenvalue weighted by Gasteiger charge is -2.34. The van der Waals surface area contributed by atoms with Gasteiger partial charge in [0.05, 0.1) is 6.04 Å². The molecule has 7 heteroatoms. The third-order valence-electron chi connectivity index (χ3n) is 3.69. The van der Waals surface area contributed by atoms with Gasteiger partial charge in [0.1, 0.15) is 10.8 Å². The van der Waals surface area contributed by atoms with Crippen molar-refractivity contribution in [3.63, 3.8) is 0 Å². The third kappa shape index (κ3) is 3.30. The van der Waals surface area contributed by atoms with Crippen molar-refractivity contribution in [2.45, 2.75) is 39.2 Å². The lowest BCUT2D eigenvalue weighted by molar-refractivity contribution is -0.137. The molecule has 2 aromatic heterocycles. The van der Waals surface area contributed by atoms with Gasteiger partial charge in [0, 0.05) is 23.7 Å². The number of rotatable bonds is 4. The van der Waals surface area contributed by atoms with Crippen LogP contribution in [-0.2, 0) is 4.79 Å². The molecule has 3 rings (SSSR count). The average molecular weight is 321 g/mol. The number of amides is 1. The van der Waals surface area contributed by atoms with E-state index >= 15 is 0 Å². The fourth-order valence-corrected chi connectivity index (χ4v) is 3.59. The molecule has 2 aromatic rings. The van der Waals surface area contributed by atoms with Gasteiger partial charge in [-0.2, -0.15) is 0 Å². The van der Waals surface area contributed by atoms with Crippen molar-refractivity contribution in [1.29, 1.82) is 0 Å². The lowest BCUT2D eigenvalue weighted by Crippen LogP contribution is -2.41. The van der Waals surface area contributed by atoms with E-state index in [4.69, 9.17) is 9.26 Å². The SMILES string of the molecule is Cc1csc(C2CCCCN2C(=O)COc2cc(C)on2)n1. The summed E-state index contributed by atoms with van der Waals surface area (Å²) >= 11 is 1.62. The van der Waals surface area contributed by atoms with Crippen LogP contribution in [0, 0.1) is 13.8 Å². The van der Waals surface area contributed by atoms with Gasteiger partial charge >= 0.3 is 0 Å². The van der Waals surface area contributed by atoms with Gasteiger partial charge in [0.25, 0.3) is 11.8 Å². The molecule has 22 heavy (non-hydrogen) atoms. The highest BCUT2D eigenvalue weighted by molar-refractivity contribution is 7.09. The summed E-state index contributed by atoms with van der Waals surface area (Å²) in [6.07, 6.45) is 3.10. The molecule has 0 aromatic carbocycles. The Bertz CT molecular complexity index is 652. The molecule has 6 nitrogen and oxygen atoms in total. The summed E-state index contributed by atoms with van der Waals surface area (Å²) in [6, 6.07) is 1.74. The second-order valence-corrected chi connectivity index (χ2v) is 6.38. The molecule has 1 unspecified atom stereocenters. The zero-order chi connectivity index (χ0) is 15.5. The third-order valence-corrected chi connectivity index (χ3v) is 4.76. The predicted octanol–water partition coefficient (Wildman–Crippen LogP) is 2.88. The van der Waals surface area contributed by atoms with Crippen molar-refractivity contribution in [1.82, 2.24) is 15.0 Å². The fraction of sp³-hybridized carbons (Fsp3) is 0.533. The Balaban J connectivity index is 1.66. The molecular weight excluding hydrogens is 302 g/mol. The van der Waals surface area contributed by atoms with Crippen molar-refractivity contribution in [2.75, 3.05) is 13.2 Å². The Kier molecular flexibility index (Phi) is 4.42. The van der Waals surface area contributed by atoms with Crippen LogP contribution in [0.3, 0.4) is 0 Å². The van der Waals surface area contributed by atoms with Gasteiger partial charge in [-0.15, -0.1) is 11.3 Å². The van der Waals surface area contributed by atoms with Gasteiger partial charge in [0.15, 0.2) is 6.61 Å². The number of likely N-dealkylation sites (tertiary alicyclic amines) is 1. The molecule has 0 radical (unpaired) electrons. The molecule has 118 valence electrons. The number of hydrogen-bond acceptors (Lipinski definition) is 6. The summed E-state index contributed by atoms with van der Waals surface area (Å²) in [6.45, 7) is 4.49. The number of nitrogens with zero attached hydrogens (tertiary/aromatic N) is 3. The summed E-state index contributed by atoms with van der Waals surface area (Å²) in [5.41, 5.74) is 1.01. The first-order chi connectivity index (χ1) is 10.6. The Morgan fingerprint density at radius 1 is 1.50 bits per heavy atom. The molecule has 1 saturated heterocycles. The summed E-state index contributed by atoms with van der Waals surface area (Å²) in [5, 5.41) is 6.78. The van der Waals surface area contributed by atoms with Gasteiger partial charge in [0.2, 0.25) is 0 Å². The van der Waals surface area contributed by atoms with E-state index in [1.165, 1.54) is 0 Å². The van der Waals surface area contributed by atoms with Crippen molar-refractivity contribution < 1.29 is 14.1 Å². The molecule has 0 N–H and O–H groups in total. The minimum atomic E-state index is -0.0294. The number of hydrogen-bond donors (Lipinski definition) is 0. The van der Waals surface area contributed by atoms with Crippen molar-refractivity contribution in [3.8, 4) is 5.88 Å². The molecular formula is C15H19N3O3S. The minimum absolute atomic E-state index is 0.0210. The normalized spacial score (nSPS) is 18.5. The first-order valence-electron chi connectivity index (χ1n) is 7.41. The van der Waals surface area contributed by atoms with Crippen molar-refractivity contribution in [2.24, 2.45) is 0 Å². The second kappa shape index (κ2) is 6.48. The Hall–Kier alpha value is -1.89. The Morgan fingerprint density at radius 3 is 3.05 bits per heavy atom.